The first-order valence-corrected chi connectivity index (χ1v) is 5.65. The molecule has 0 unspecified atom stereocenters. The van der Waals surface area contributed by atoms with Gasteiger partial charge in [-0.25, -0.2) is 0 Å². The molecule has 0 amide bonds. The van der Waals surface area contributed by atoms with Gasteiger partial charge in [0.1, 0.15) is 0 Å². The second-order valence-corrected chi connectivity index (χ2v) is 4.45. The van der Waals surface area contributed by atoms with Crippen LogP contribution in [-0.4, -0.2) is 12.4 Å². The Morgan fingerprint density at radius 2 is 2.31 bits per heavy atom. The van der Waals surface area contributed by atoms with Crippen molar-refractivity contribution in [3.63, 3.8) is 0 Å². The number of allylic oxidation sites excluding steroid dienone is 1. The first-order valence-electron chi connectivity index (χ1n) is 4.30. The molecule has 0 aliphatic carbocycles. The molecule has 72 valence electrons. The monoisotopic (exact) mass is 215 g/mol. The van der Waals surface area contributed by atoms with Crippen LogP contribution in [0.1, 0.15) is 9.75 Å². The van der Waals surface area contributed by atoms with Gasteiger partial charge >= 0.3 is 0 Å². The normalized spacial score (nSPS) is 11.2. The number of rotatable bonds is 5. The van der Waals surface area contributed by atoms with Crippen molar-refractivity contribution in [2.24, 2.45) is 0 Å². The minimum atomic E-state index is 0.597. The summed E-state index contributed by atoms with van der Waals surface area (Å²) in [4.78, 5) is 2.75. The van der Waals surface area contributed by atoms with Crippen LogP contribution in [0.15, 0.2) is 24.3 Å². The standard InChI is InChI=1S/C10H14ClNS/c1-9-4-5-10(13-9)8-12-7-3-2-6-11/h2-5,12H,6-8H2,1H3/b3-2+. The average Bonchev–Trinajstić information content (AvgIpc) is 2.51. The number of thiophene rings is 1. The maximum atomic E-state index is 5.49. The molecule has 0 aliphatic rings. The Bertz CT molecular complexity index is 268. The molecule has 0 atom stereocenters. The van der Waals surface area contributed by atoms with Gasteiger partial charge < -0.3 is 5.32 Å². The summed E-state index contributed by atoms with van der Waals surface area (Å²) in [5.41, 5.74) is 0. The molecule has 0 fully saturated rings. The molecule has 1 aromatic rings. The van der Waals surface area contributed by atoms with Crippen molar-refractivity contribution in [3.8, 4) is 0 Å². The lowest BCUT2D eigenvalue weighted by Crippen LogP contribution is -2.11. The quantitative estimate of drug-likeness (QED) is 0.453. The maximum absolute atomic E-state index is 5.49. The molecule has 1 aromatic heterocycles. The van der Waals surface area contributed by atoms with Gasteiger partial charge in [-0.15, -0.1) is 22.9 Å². The molecule has 1 N–H and O–H groups in total. The van der Waals surface area contributed by atoms with Gasteiger partial charge in [-0.1, -0.05) is 12.2 Å². The van der Waals surface area contributed by atoms with Crippen molar-refractivity contribution >= 4 is 22.9 Å². The first kappa shape index (κ1) is 10.8. The summed E-state index contributed by atoms with van der Waals surface area (Å²) in [5.74, 6) is 0.597. The third-order valence-electron chi connectivity index (χ3n) is 1.61. The first-order chi connectivity index (χ1) is 6.33. The zero-order valence-corrected chi connectivity index (χ0v) is 9.29. The molecule has 0 radical (unpaired) electrons. The highest BCUT2D eigenvalue weighted by Crippen LogP contribution is 2.14. The van der Waals surface area contributed by atoms with Crippen LogP contribution >= 0.6 is 22.9 Å². The number of hydrogen-bond acceptors (Lipinski definition) is 2. The SMILES string of the molecule is Cc1ccc(CNC/C=C/CCl)s1. The van der Waals surface area contributed by atoms with Crippen LogP contribution in [0.2, 0.25) is 0 Å². The van der Waals surface area contributed by atoms with Gasteiger partial charge in [-0.05, 0) is 19.1 Å². The van der Waals surface area contributed by atoms with Crippen LogP contribution in [0.5, 0.6) is 0 Å². The lowest BCUT2D eigenvalue weighted by atomic mass is 10.4. The lowest BCUT2D eigenvalue weighted by Gasteiger charge is -1.97. The summed E-state index contributed by atoms with van der Waals surface area (Å²) in [5, 5.41) is 3.31. The zero-order valence-electron chi connectivity index (χ0n) is 7.72. The Labute approximate surface area is 88.4 Å². The van der Waals surface area contributed by atoms with Gasteiger partial charge in [0.2, 0.25) is 0 Å². The topological polar surface area (TPSA) is 12.0 Å². The fourth-order valence-electron chi connectivity index (χ4n) is 1.01. The molecule has 1 rings (SSSR count). The summed E-state index contributed by atoms with van der Waals surface area (Å²) in [7, 11) is 0. The molecule has 13 heavy (non-hydrogen) atoms. The van der Waals surface area contributed by atoms with E-state index in [4.69, 9.17) is 11.6 Å². The van der Waals surface area contributed by atoms with E-state index in [0.29, 0.717) is 5.88 Å². The van der Waals surface area contributed by atoms with Gasteiger partial charge in [-0.2, -0.15) is 0 Å². The summed E-state index contributed by atoms with van der Waals surface area (Å²) < 4.78 is 0. The summed E-state index contributed by atoms with van der Waals surface area (Å²) in [6.45, 7) is 3.97. The van der Waals surface area contributed by atoms with Crippen molar-refractivity contribution < 1.29 is 0 Å². The fourth-order valence-corrected chi connectivity index (χ4v) is 1.99. The van der Waals surface area contributed by atoms with Gasteiger partial charge in [0.25, 0.3) is 0 Å². The van der Waals surface area contributed by atoms with Crippen molar-refractivity contribution in [2.75, 3.05) is 12.4 Å². The Hall–Kier alpha value is -0.310. The molecule has 0 aliphatic heterocycles. The third-order valence-corrected chi connectivity index (χ3v) is 2.79. The number of hydrogen-bond donors (Lipinski definition) is 1. The summed E-state index contributed by atoms with van der Waals surface area (Å²) in [6, 6.07) is 4.31. The minimum absolute atomic E-state index is 0.597. The fraction of sp³-hybridized carbons (Fsp3) is 0.400. The van der Waals surface area contributed by atoms with E-state index in [1.807, 2.05) is 23.5 Å². The molecular formula is C10H14ClNS. The van der Waals surface area contributed by atoms with E-state index in [-0.39, 0.29) is 0 Å². The molecule has 1 heterocycles. The highest BCUT2D eigenvalue weighted by Gasteiger charge is 1.93. The van der Waals surface area contributed by atoms with E-state index in [1.54, 1.807) is 0 Å². The highest BCUT2D eigenvalue weighted by atomic mass is 35.5. The predicted octanol–water partition coefficient (Wildman–Crippen LogP) is 2.94. The molecular weight excluding hydrogens is 202 g/mol. The smallest absolute Gasteiger partial charge is 0.0404 e. The molecule has 0 bridgehead atoms. The lowest BCUT2D eigenvalue weighted by molar-refractivity contribution is 0.769. The van der Waals surface area contributed by atoms with Crippen molar-refractivity contribution in [2.45, 2.75) is 13.5 Å². The van der Waals surface area contributed by atoms with Crippen LogP contribution in [0.25, 0.3) is 0 Å². The largest absolute Gasteiger partial charge is 0.308 e. The van der Waals surface area contributed by atoms with Crippen LogP contribution in [-0.2, 0) is 6.54 Å². The van der Waals surface area contributed by atoms with Gasteiger partial charge in [0.05, 0.1) is 0 Å². The van der Waals surface area contributed by atoms with E-state index in [1.165, 1.54) is 9.75 Å². The van der Waals surface area contributed by atoms with Crippen molar-refractivity contribution in [3.05, 3.63) is 34.0 Å². The van der Waals surface area contributed by atoms with Gasteiger partial charge in [0, 0.05) is 28.7 Å². The number of alkyl halides is 1. The van der Waals surface area contributed by atoms with E-state index >= 15 is 0 Å². The Kier molecular flexibility index (Phi) is 5.13. The van der Waals surface area contributed by atoms with E-state index in [9.17, 15) is 0 Å². The van der Waals surface area contributed by atoms with Gasteiger partial charge in [-0.3, -0.25) is 0 Å². The number of nitrogens with one attached hydrogen (secondary N) is 1. The Balaban J connectivity index is 2.16. The predicted molar refractivity (Wildman–Crippen MR) is 60.6 cm³/mol. The molecule has 0 saturated heterocycles. The average molecular weight is 216 g/mol. The molecule has 0 saturated carbocycles. The molecule has 0 spiro atoms. The Morgan fingerprint density at radius 1 is 1.46 bits per heavy atom. The second-order valence-electron chi connectivity index (χ2n) is 2.77. The van der Waals surface area contributed by atoms with Crippen LogP contribution in [0.4, 0.5) is 0 Å². The summed E-state index contributed by atoms with van der Waals surface area (Å²) >= 11 is 7.33. The van der Waals surface area contributed by atoms with Gasteiger partial charge in [0.15, 0.2) is 0 Å². The second kappa shape index (κ2) is 6.19. The van der Waals surface area contributed by atoms with Crippen molar-refractivity contribution in [1.82, 2.24) is 5.32 Å². The van der Waals surface area contributed by atoms with Crippen molar-refractivity contribution in [1.29, 1.82) is 0 Å². The van der Waals surface area contributed by atoms with Crippen LogP contribution in [0.3, 0.4) is 0 Å². The van der Waals surface area contributed by atoms with Crippen LogP contribution in [0, 0.1) is 6.92 Å². The maximum Gasteiger partial charge on any atom is 0.0404 e. The molecule has 0 aromatic carbocycles. The van der Waals surface area contributed by atoms with E-state index < -0.39 is 0 Å². The number of halogens is 1. The van der Waals surface area contributed by atoms with E-state index in [0.717, 1.165) is 13.1 Å². The molecule has 3 heteroatoms. The third kappa shape index (κ3) is 4.46. The zero-order chi connectivity index (χ0) is 9.52. The van der Waals surface area contributed by atoms with E-state index in [2.05, 4.69) is 24.4 Å². The Morgan fingerprint density at radius 3 is 2.92 bits per heavy atom. The van der Waals surface area contributed by atoms with Crippen LogP contribution < -0.4 is 5.32 Å². The minimum Gasteiger partial charge on any atom is -0.308 e. The summed E-state index contributed by atoms with van der Waals surface area (Å²) in [6.07, 6.45) is 4.00. The molecule has 1 nitrogen and oxygen atoms in total. The number of aryl methyl sites for hydroxylation is 1. The highest BCUT2D eigenvalue weighted by molar-refractivity contribution is 7.11.